The lowest BCUT2D eigenvalue weighted by Gasteiger charge is -2.36. The van der Waals surface area contributed by atoms with Gasteiger partial charge in [0.05, 0.1) is 29.9 Å². The smallest absolute Gasteiger partial charge is 0.416 e. The van der Waals surface area contributed by atoms with Gasteiger partial charge in [0.2, 0.25) is 5.95 Å². The first-order valence-corrected chi connectivity index (χ1v) is 10.3. The van der Waals surface area contributed by atoms with E-state index in [2.05, 4.69) is 10.2 Å². The van der Waals surface area contributed by atoms with Gasteiger partial charge in [0.15, 0.2) is 0 Å². The number of H-pyrrole nitrogens is 1. The number of carbonyl (C=O) groups excluding carboxylic acids is 1. The van der Waals surface area contributed by atoms with Crippen LogP contribution in [-0.2, 0) is 22.3 Å². The van der Waals surface area contributed by atoms with Crippen LogP contribution < -0.4 is 16.3 Å². The maximum absolute atomic E-state index is 13.4. The maximum atomic E-state index is 13.4. The van der Waals surface area contributed by atoms with Crippen molar-refractivity contribution in [2.24, 2.45) is 5.73 Å². The van der Waals surface area contributed by atoms with E-state index >= 15 is 0 Å². The van der Waals surface area contributed by atoms with Crippen molar-refractivity contribution < 1.29 is 22.7 Å². The predicted molar refractivity (Wildman–Crippen MR) is 118 cm³/mol. The van der Waals surface area contributed by atoms with Crippen molar-refractivity contribution in [2.45, 2.75) is 25.7 Å². The zero-order valence-corrected chi connectivity index (χ0v) is 18.6. The molecule has 0 saturated carbocycles. The Bertz CT molecular complexity index is 1450. The van der Waals surface area contributed by atoms with Gasteiger partial charge in [-0.25, -0.2) is 19.3 Å². The Hall–Kier alpha value is -4.37. The Morgan fingerprint density at radius 1 is 1.29 bits per heavy atom. The fourth-order valence-corrected chi connectivity index (χ4v) is 4.20. The second-order valence-electron chi connectivity index (χ2n) is 7.70. The Balaban J connectivity index is 2.03. The van der Waals surface area contributed by atoms with Crippen LogP contribution in [0.1, 0.15) is 35.2 Å². The fourth-order valence-electron chi connectivity index (χ4n) is 4.20. The first kappa shape index (κ1) is 23.8. The summed E-state index contributed by atoms with van der Waals surface area (Å²) in [6, 6.07) is 10.0. The number of carbonyl (C=O) groups is 1. The summed E-state index contributed by atoms with van der Waals surface area (Å²) in [5, 5.41) is 15.6. The second kappa shape index (κ2) is 8.77. The second-order valence-corrected chi connectivity index (χ2v) is 7.70. The van der Waals surface area contributed by atoms with Gasteiger partial charge >= 0.3 is 17.8 Å². The number of nitrogens with zero attached hydrogens (tertiary/aromatic N) is 4. The van der Waals surface area contributed by atoms with Gasteiger partial charge in [-0.3, -0.25) is 4.90 Å². The van der Waals surface area contributed by atoms with Gasteiger partial charge < -0.3 is 10.5 Å². The van der Waals surface area contributed by atoms with Crippen molar-refractivity contribution >= 4 is 17.6 Å². The number of hydrogen-bond acceptors (Lipinski definition) is 7. The number of nitriles is 1. The largest absolute Gasteiger partial charge is 0.466 e. The number of allylic oxidation sites excluding steroid dienone is 1. The third-order valence-corrected chi connectivity index (χ3v) is 5.77. The zero-order chi connectivity index (χ0) is 25.5. The number of fused-ring (bicyclic) bond motifs is 1. The molecule has 0 aliphatic carbocycles. The van der Waals surface area contributed by atoms with Gasteiger partial charge in [-0.1, -0.05) is 12.1 Å². The van der Waals surface area contributed by atoms with Gasteiger partial charge in [-0.15, -0.1) is 5.10 Å². The van der Waals surface area contributed by atoms with E-state index < -0.39 is 29.4 Å². The number of anilines is 2. The Morgan fingerprint density at radius 3 is 2.66 bits per heavy atom. The predicted octanol–water partition coefficient (Wildman–Crippen LogP) is 3.11. The minimum absolute atomic E-state index is 0.000296. The van der Waals surface area contributed by atoms with Crippen LogP contribution in [0.15, 0.2) is 58.5 Å². The summed E-state index contributed by atoms with van der Waals surface area (Å²) < 4.78 is 46.4. The van der Waals surface area contributed by atoms with Crippen LogP contribution >= 0.6 is 0 Å². The fraction of sp³-hybridized carbons (Fsp3) is 0.217. The number of esters is 1. The number of nitrogens with two attached hydrogens (primary N) is 1. The van der Waals surface area contributed by atoms with Crippen molar-refractivity contribution in [2.75, 3.05) is 12.0 Å². The normalized spacial score (nSPS) is 15.6. The van der Waals surface area contributed by atoms with Crippen molar-refractivity contribution in [1.82, 2.24) is 14.8 Å². The molecule has 0 fully saturated rings. The zero-order valence-electron chi connectivity index (χ0n) is 18.6. The molecule has 3 aromatic rings. The number of hydrogen-bond donors (Lipinski definition) is 2. The lowest BCUT2D eigenvalue weighted by Crippen LogP contribution is -2.38. The molecule has 2 heterocycles. The molecule has 2 aromatic carbocycles. The van der Waals surface area contributed by atoms with Crippen LogP contribution in [0.25, 0.3) is 0 Å². The van der Waals surface area contributed by atoms with Crippen LogP contribution in [0.5, 0.6) is 0 Å². The Morgan fingerprint density at radius 2 is 2.03 bits per heavy atom. The molecule has 0 spiro atoms. The number of benzene rings is 2. The molecule has 9 nitrogen and oxygen atoms in total. The van der Waals surface area contributed by atoms with Crippen molar-refractivity contribution in [1.29, 1.82) is 5.26 Å². The highest BCUT2D eigenvalue weighted by atomic mass is 19.4. The van der Waals surface area contributed by atoms with Crippen LogP contribution in [0.3, 0.4) is 0 Å². The highest BCUT2D eigenvalue weighted by molar-refractivity contribution is 5.93. The van der Waals surface area contributed by atoms with E-state index in [0.29, 0.717) is 16.7 Å². The molecule has 12 heteroatoms. The first-order valence-electron chi connectivity index (χ1n) is 10.3. The summed E-state index contributed by atoms with van der Waals surface area (Å²) in [5.41, 5.74) is 5.81. The third-order valence-electron chi connectivity index (χ3n) is 5.77. The summed E-state index contributed by atoms with van der Waals surface area (Å²) in [4.78, 5) is 27.2. The van der Waals surface area contributed by atoms with Crippen LogP contribution in [-0.4, -0.2) is 27.8 Å². The first-order chi connectivity index (χ1) is 16.6. The highest BCUT2D eigenvalue weighted by Gasteiger charge is 2.40. The van der Waals surface area contributed by atoms with E-state index in [9.17, 15) is 28.0 Å². The van der Waals surface area contributed by atoms with Crippen molar-refractivity contribution in [3.05, 3.63) is 86.5 Å². The maximum Gasteiger partial charge on any atom is 0.416 e. The van der Waals surface area contributed by atoms with E-state index in [-0.39, 0.29) is 29.5 Å². The van der Waals surface area contributed by atoms with E-state index in [0.717, 1.165) is 23.8 Å². The van der Waals surface area contributed by atoms with Crippen LogP contribution in [0.2, 0.25) is 0 Å². The Kier molecular flexibility index (Phi) is 5.96. The van der Waals surface area contributed by atoms with E-state index in [4.69, 9.17) is 10.5 Å². The quantitative estimate of drug-likeness (QED) is 0.544. The van der Waals surface area contributed by atoms with Gasteiger partial charge in [0, 0.05) is 17.9 Å². The van der Waals surface area contributed by atoms with Crippen molar-refractivity contribution in [3.8, 4) is 6.07 Å². The van der Waals surface area contributed by atoms with E-state index in [1.54, 1.807) is 12.1 Å². The standard InChI is InChI=1S/C23H19F3N6O3/c1-12-18(20(33)35-2)19(17-7-6-13(10-27)8-14(17)11-28)32-21(29-30-22(32)34)31(12)16-5-3-4-15(9-16)23(24,25)26/h3-9,19H,11,28H2,1-2H3,(H,30,34). The molecule has 0 amide bonds. The molecule has 180 valence electrons. The number of aromatic amines is 1. The minimum atomic E-state index is -4.61. The number of alkyl halides is 3. The number of rotatable bonds is 4. The Labute approximate surface area is 196 Å². The third kappa shape index (κ3) is 3.95. The summed E-state index contributed by atoms with van der Waals surface area (Å²) >= 11 is 0. The number of methoxy groups -OCH3 is 1. The molecule has 35 heavy (non-hydrogen) atoms. The molecule has 0 radical (unpaired) electrons. The number of ether oxygens (including phenoxy) is 1. The topological polar surface area (TPSA) is 130 Å². The molecule has 1 unspecified atom stereocenters. The molecule has 3 N–H and O–H groups in total. The molecule has 1 aliphatic rings. The monoisotopic (exact) mass is 484 g/mol. The van der Waals surface area contributed by atoms with Gasteiger partial charge in [0.1, 0.15) is 6.04 Å². The lowest BCUT2D eigenvalue weighted by atomic mass is 9.90. The minimum Gasteiger partial charge on any atom is -0.466 e. The van der Waals surface area contributed by atoms with Crippen molar-refractivity contribution in [3.63, 3.8) is 0 Å². The molecule has 0 bridgehead atoms. The van der Waals surface area contributed by atoms with E-state index in [1.807, 2.05) is 6.07 Å². The number of nitrogens with one attached hydrogen (secondary N) is 1. The molecule has 1 aliphatic heterocycles. The molecule has 0 saturated heterocycles. The number of halogens is 3. The highest BCUT2D eigenvalue weighted by Crippen LogP contribution is 2.43. The molecular weight excluding hydrogens is 465 g/mol. The molecule has 1 aromatic heterocycles. The molecule has 4 rings (SSSR count). The molecular formula is C23H19F3N6O3. The van der Waals surface area contributed by atoms with E-state index in [1.165, 1.54) is 30.0 Å². The van der Waals surface area contributed by atoms with Gasteiger partial charge in [-0.2, -0.15) is 18.4 Å². The van der Waals surface area contributed by atoms with Crippen LogP contribution in [0, 0.1) is 11.3 Å². The summed E-state index contributed by atoms with van der Waals surface area (Å²) in [5.74, 6) is -0.827. The van der Waals surface area contributed by atoms with Gasteiger partial charge in [0.25, 0.3) is 0 Å². The summed E-state index contributed by atoms with van der Waals surface area (Å²) in [7, 11) is 1.16. The summed E-state index contributed by atoms with van der Waals surface area (Å²) in [6.45, 7) is 1.52. The molecule has 1 atom stereocenters. The summed E-state index contributed by atoms with van der Waals surface area (Å²) in [6.07, 6.45) is -4.61. The average Bonchev–Trinajstić information content (AvgIpc) is 3.22. The number of aromatic nitrogens is 3. The van der Waals surface area contributed by atoms with Gasteiger partial charge in [-0.05, 0) is 48.4 Å². The van der Waals surface area contributed by atoms with Crippen LogP contribution in [0.4, 0.5) is 24.8 Å². The SMILES string of the molecule is COC(=O)C1=C(C)N(c2cccc(C(F)(F)F)c2)c2n[nH]c(=O)n2C1c1ccc(C#N)cc1CN. The average molecular weight is 484 g/mol. The lowest BCUT2D eigenvalue weighted by molar-refractivity contribution is -0.138.